The highest BCUT2D eigenvalue weighted by molar-refractivity contribution is 7.78. The number of aromatic nitrogens is 2. The minimum atomic E-state index is -2.54. The summed E-state index contributed by atoms with van der Waals surface area (Å²) in [6.07, 6.45) is 2.85. The molecule has 2 rings (SSSR count). The first-order chi connectivity index (χ1) is 7.70. The van der Waals surface area contributed by atoms with E-state index in [4.69, 9.17) is 4.74 Å². The van der Waals surface area contributed by atoms with Gasteiger partial charge in [0.1, 0.15) is 5.82 Å². The van der Waals surface area contributed by atoms with E-state index in [9.17, 15) is 8.09 Å². The van der Waals surface area contributed by atoms with Crippen molar-refractivity contribution in [2.45, 2.75) is 13.0 Å². The Morgan fingerprint density at radius 2 is 2.25 bits per heavy atom. The summed E-state index contributed by atoms with van der Waals surface area (Å²) in [4.78, 5) is 6.19. The standard InChI is InChI=1S/C9H14FN3O2S/c1-8(12-4-6-15-7-5-12)9-11-2-3-13(9)16(10)14/h2-3,8H,4-7H2,1H3. The first-order valence-corrected chi connectivity index (χ1v) is 6.14. The Hall–Kier alpha value is -0.790. The maximum Gasteiger partial charge on any atom is 0.309 e. The van der Waals surface area contributed by atoms with Crippen LogP contribution in [-0.2, 0) is 16.1 Å². The van der Waals surface area contributed by atoms with Crippen molar-refractivity contribution in [3.8, 4) is 0 Å². The Morgan fingerprint density at radius 1 is 1.56 bits per heavy atom. The average Bonchev–Trinajstić information content (AvgIpc) is 2.78. The van der Waals surface area contributed by atoms with Crippen LogP contribution >= 0.6 is 0 Å². The fraction of sp³-hybridized carbons (Fsp3) is 0.667. The molecule has 1 aliphatic rings. The Bertz CT molecular complexity index is 379. The van der Waals surface area contributed by atoms with E-state index in [2.05, 4.69) is 9.88 Å². The molecular weight excluding hydrogens is 233 g/mol. The molecule has 90 valence electrons. The van der Waals surface area contributed by atoms with Gasteiger partial charge in [0.25, 0.3) is 0 Å². The topological polar surface area (TPSA) is 47.4 Å². The summed E-state index contributed by atoms with van der Waals surface area (Å²) in [5.41, 5.74) is 0. The molecule has 0 radical (unpaired) electrons. The largest absolute Gasteiger partial charge is 0.379 e. The van der Waals surface area contributed by atoms with Gasteiger partial charge in [0.2, 0.25) is 0 Å². The van der Waals surface area contributed by atoms with Gasteiger partial charge in [-0.05, 0) is 6.92 Å². The van der Waals surface area contributed by atoms with Crippen molar-refractivity contribution in [2.24, 2.45) is 0 Å². The maximum absolute atomic E-state index is 12.8. The van der Waals surface area contributed by atoms with Crippen LogP contribution in [0.25, 0.3) is 0 Å². The van der Waals surface area contributed by atoms with Gasteiger partial charge in [0.05, 0.1) is 19.3 Å². The van der Waals surface area contributed by atoms with Gasteiger partial charge in [0.15, 0.2) is 0 Å². The fourth-order valence-electron chi connectivity index (χ4n) is 1.84. The molecule has 0 bridgehead atoms. The fourth-order valence-corrected chi connectivity index (χ4v) is 2.34. The van der Waals surface area contributed by atoms with Gasteiger partial charge in [-0.15, -0.1) is 3.89 Å². The lowest BCUT2D eigenvalue weighted by atomic mass is 10.2. The number of halogens is 1. The first-order valence-electron chi connectivity index (χ1n) is 5.13. The molecule has 2 heterocycles. The van der Waals surface area contributed by atoms with E-state index in [1.807, 2.05) is 6.92 Å². The van der Waals surface area contributed by atoms with Gasteiger partial charge in [0, 0.05) is 25.5 Å². The van der Waals surface area contributed by atoms with E-state index in [0.29, 0.717) is 19.0 Å². The summed E-state index contributed by atoms with van der Waals surface area (Å²) in [6.45, 7) is 4.84. The third kappa shape index (κ3) is 2.31. The summed E-state index contributed by atoms with van der Waals surface area (Å²) < 4.78 is 29.9. The maximum atomic E-state index is 12.8. The lowest BCUT2D eigenvalue weighted by Gasteiger charge is -2.31. The third-order valence-corrected chi connectivity index (χ3v) is 3.37. The van der Waals surface area contributed by atoms with Gasteiger partial charge in [-0.25, -0.2) is 8.96 Å². The minimum absolute atomic E-state index is 0.0569. The monoisotopic (exact) mass is 247 g/mol. The van der Waals surface area contributed by atoms with Crippen LogP contribution in [0.5, 0.6) is 0 Å². The number of ether oxygens (including phenoxy) is 1. The normalized spacial score (nSPS) is 21.9. The summed E-state index contributed by atoms with van der Waals surface area (Å²) in [5, 5.41) is 0. The number of morpholine rings is 1. The molecular formula is C9H14FN3O2S. The predicted molar refractivity (Wildman–Crippen MR) is 57.7 cm³/mol. The number of rotatable bonds is 3. The zero-order chi connectivity index (χ0) is 11.5. The smallest absolute Gasteiger partial charge is 0.309 e. The van der Waals surface area contributed by atoms with Crippen LogP contribution in [0.4, 0.5) is 3.89 Å². The SMILES string of the molecule is CC(c1nccn1S(=O)F)N1CCOCC1. The molecule has 0 aliphatic carbocycles. The molecule has 1 aromatic heterocycles. The van der Waals surface area contributed by atoms with Crippen LogP contribution in [0, 0.1) is 0 Å². The number of hydrogen-bond donors (Lipinski definition) is 0. The van der Waals surface area contributed by atoms with Gasteiger partial charge >= 0.3 is 11.4 Å². The van der Waals surface area contributed by atoms with Crippen molar-refractivity contribution in [1.29, 1.82) is 0 Å². The summed E-state index contributed by atoms with van der Waals surface area (Å²) in [7, 11) is 0. The Labute approximate surface area is 96.1 Å². The predicted octanol–water partition coefficient (Wildman–Crippen LogP) is 0.673. The zero-order valence-electron chi connectivity index (χ0n) is 9.00. The Morgan fingerprint density at radius 3 is 2.88 bits per heavy atom. The molecule has 1 fully saturated rings. The Balaban J connectivity index is 2.15. The van der Waals surface area contributed by atoms with Crippen LogP contribution in [0.15, 0.2) is 12.4 Å². The average molecular weight is 247 g/mol. The lowest BCUT2D eigenvalue weighted by molar-refractivity contribution is 0.0181. The molecule has 0 amide bonds. The number of nitrogens with zero attached hydrogens (tertiary/aromatic N) is 3. The van der Waals surface area contributed by atoms with Gasteiger partial charge in [-0.1, -0.05) is 0 Å². The van der Waals surface area contributed by atoms with Crippen molar-refractivity contribution in [3.05, 3.63) is 18.2 Å². The zero-order valence-corrected chi connectivity index (χ0v) is 9.82. The van der Waals surface area contributed by atoms with Crippen molar-refractivity contribution in [1.82, 2.24) is 13.9 Å². The summed E-state index contributed by atoms with van der Waals surface area (Å²) >= 11 is -2.54. The molecule has 1 aromatic rings. The second-order valence-electron chi connectivity index (χ2n) is 3.64. The van der Waals surface area contributed by atoms with Crippen molar-refractivity contribution < 1.29 is 12.8 Å². The molecule has 0 aromatic carbocycles. The molecule has 1 saturated heterocycles. The molecule has 0 spiro atoms. The van der Waals surface area contributed by atoms with Crippen LogP contribution in [0.1, 0.15) is 18.8 Å². The molecule has 0 N–H and O–H groups in total. The molecule has 0 saturated carbocycles. The minimum Gasteiger partial charge on any atom is -0.379 e. The highest BCUT2D eigenvalue weighted by Crippen LogP contribution is 2.20. The molecule has 2 atom stereocenters. The molecule has 1 aliphatic heterocycles. The van der Waals surface area contributed by atoms with Gasteiger partial charge in [-0.2, -0.15) is 4.21 Å². The first kappa shape index (κ1) is 11.7. The quantitative estimate of drug-likeness (QED) is 0.737. The van der Waals surface area contributed by atoms with Crippen LogP contribution in [-0.4, -0.2) is 44.4 Å². The van der Waals surface area contributed by atoms with Crippen molar-refractivity contribution in [3.63, 3.8) is 0 Å². The lowest BCUT2D eigenvalue weighted by Crippen LogP contribution is -2.39. The molecule has 2 unspecified atom stereocenters. The van der Waals surface area contributed by atoms with E-state index >= 15 is 0 Å². The van der Waals surface area contributed by atoms with Crippen molar-refractivity contribution in [2.75, 3.05) is 26.3 Å². The van der Waals surface area contributed by atoms with Gasteiger partial charge in [-0.3, -0.25) is 4.90 Å². The third-order valence-electron chi connectivity index (χ3n) is 2.76. The van der Waals surface area contributed by atoms with E-state index in [-0.39, 0.29) is 6.04 Å². The number of imidazole rings is 1. The number of hydrogen-bond acceptors (Lipinski definition) is 4. The highest BCUT2D eigenvalue weighted by atomic mass is 32.2. The summed E-state index contributed by atoms with van der Waals surface area (Å²) in [5.74, 6) is 0.489. The second kappa shape index (κ2) is 5.03. The van der Waals surface area contributed by atoms with Crippen LogP contribution in [0.3, 0.4) is 0 Å². The van der Waals surface area contributed by atoms with E-state index in [0.717, 1.165) is 17.1 Å². The van der Waals surface area contributed by atoms with Crippen LogP contribution < -0.4 is 0 Å². The van der Waals surface area contributed by atoms with E-state index < -0.39 is 11.4 Å². The van der Waals surface area contributed by atoms with Gasteiger partial charge < -0.3 is 4.74 Å². The summed E-state index contributed by atoms with van der Waals surface area (Å²) in [6, 6.07) is -0.0569. The molecule has 5 nitrogen and oxygen atoms in total. The van der Waals surface area contributed by atoms with E-state index in [1.54, 1.807) is 0 Å². The molecule has 16 heavy (non-hydrogen) atoms. The van der Waals surface area contributed by atoms with E-state index in [1.165, 1.54) is 12.4 Å². The van der Waals surface area contributed by atoms with Crippen molar-refractivity contribution >= 4 is 11.4 Å². The van der Waals surface area contributed by atoms with Crippen LogP contribution in [0.2, 0.25) is 0 Å². The second-order valence-corrected chi connectivity index (χ2v) is 4.45. The highest BCUT2D eigenvalue weighted by Gasteiger charge is 2.23. The molecule has 7 heteroatoms. The Kier molecular flexibility index (Phi) is 3.67.